The molecule has 2 N–H and O–H groups in total. The number of nitrogens with two attached hydrogens (primary N) is 1. The summed E-state index contributed by atoms with van der Waals surface area (Å²) in [6.07, 6.45) is 2.87. The van der Waals surface area contributed by atoms with Crippen molar-refractivity contribution in [2.24, 2.45) is 11.7 Å². The lowest BCUT2D eigenvalue weighted by molar-refractivity contribution is 0.393. The van der Waals surface area contributed by atoms with Crippen LogP contribution in [-0.2, 0) is 6.42 Å². The molecule has 3 heteroatoms. The van der Waals surface area contributed by atoms with Gasteiger partial charge in [0.2, 0.25) is 0 Å². The zero-order valence-electron chi connectivity index (χ0n) is 9.84. The van der Waals surface area contributed by atoms with E-state index in [0.29, 0.717) is 10.4 Å². The highest BCUT2D eigenvalue weighted by atomic mass is 79.9. The molecule has 1 rings (SSSR count). The molecule has 0 aromatic heterocycles. The van der Waals surface area contributed by atoms with Gasteiger partial charge >= 0.3 is 0 Å². The molecule has 0 fully saturated rings. The van der Waals surface area contributed by atoms with Gasteiger partial charge < -0.3 is 5.73 Å². The van der Waals surface area contributed by atoms with E-state index in [2.05, 4.69) is 29.8 Å². The SMILES string of the molecule is CCC(CC)C(N)Cc1cccc(F)c1Br. The second-order valence-corrected chi connectivity index (χ2v) is 4.95. The fourth-order valence-corrected chi connectivity index (χ4v) is 2.45. The van der Waals surface area contributed by atoms with Crippen LogP contribution in [0.3, 0.4) is 0 Å². The maximum absolute atomic E-state index is 13.3. The largest absolute Gasteiger partial charge is 0.327 e. The Morgan fingerprint density at radius 1 is 1.31 bits per heavy atom. The van der Waals surface area contributed by atoms with Crippen molar-refractivity contribution in [2.45, 2.75) is 39.2 Å². The molecular weight excluding hydrogens is 269 g/mol. The molecule has 0 spiro atoms. The molecule has 0 amide bonds. The van der Waals surface area contributed by atoms with Gasteiger partial charge in [-0.2, -0.15) is 0 Å². The minimum Gasteiger partial charge on any atom is -0.327 e. The van der Waals surface area contributed by atoms with Gasteiger partial charge in [0.15, 0.2) is 0 Å². The minimum absolute atomic E-state index is 0.105. The van der Waals surface area contributed by atoms with Gasteiger partial charge in [0.1, 0.15) is 5.82 Å². The fourth-order valence-electron chi connectivity index (χ4n) is 2.02. The molecule has 0 heterocycles. The molecule has 0 aliphatic rings. The molecule has 0 radical (unpaired) electrons. The molecule has 0 aliphatic heterocycles. The van der Waals surface area contributed by atoms with E-state index in [4.69, 9.17) is 5.73 Å². The van der Waals surface area contributed by atoms with Gasteiger partial charge in [-0.1, -0.05) is 38.8 Å². The zero-order valence-corrected chi connectivity index (χ0v) is 11.4. The topological polar surface area (TPSA) is 26.0 Å². The average Bonchev–Trinajstić information content (AvgIpc) is 2.26. The number of hydrogen-bond donors (Lipinski definition) is 1. The summed E-state index contributed by atoms with van der Waals surface area (Å²) in [6, 6.07) is 5.22. The molecule has 90 valence electrons. The lowest BCUT2D eigenvalue weighted by atomic mass is 9.90. The summed E-state index contributed by atoms with van der Waals surface area (Å²) >= 11 is 3.27. The van der Waals surface area contributed by atoms with Crippen LogP contribution in [0.5, 0.6) is 0 Å². The van der Waals surface area contributed by atoms with Crippen LogP contribution in [0.25, 0.3) is 0 Å². The average molecular weight is 288 g/mol. The van der Waals surface area contributed by atoms with E-state index in [-0.39, 0.29) is 11.9 Å². The Labute approximate surface area is 105 Å². The molecule has 1 unspecified atom stereocenters. The summed E-state index contributed by atoms with van der Waals surface area (Å²) in [5, 5.41) is 0. The van der Waals surface area contributed by atoms with E-state index in [1.807, 2.05) is 6.07 Å². The van der Waals surface area contributed by atoms with Crippen molar-refractivity contribution in [1.82, 2.24) is 0 Å². The van der Waals surface area contributed by atoms with Crippen LogP contribution >= 0.6 is 15.9 Å². The van der Waals surface area contributed by atoms with Crippen LogP contribution in [0.4, 0.5) is 4.39 Å². The van der Waals surface area contributed by atoms with E-state index in [1.54, 1.807) is 6.07 Å². The Hall–Kier alpha value is -0.410. The Morgan fingerprint density at radius 3 is 2.50 bits per heavy atom. The second-order valence-electron chi connectivity index (χ2n) is 4.16. The van der Waals surface area contributed by atoms with Crippen molar-refractivity contribution in [3.05, 3.63) is 34.1 Å². The minimum atomic E-state index is -0.214. The molecule has 0 aliphatic carbocycles. The van der Waals surface area contributed by atoms with Gasteiger partial charge in [0, 0.05) is 6.04 Å². The third-order valence-electron chi connectivity index (χ3n) is 3.14. The third-order valence-corrected chi connectivity index (χ3v) is 4.03. The number of rotatable bonds is 5. The van der Waals surface area contributed by atoms with Crippen molar-refractivity contribution >= 4 is 15.9 Å². The molecule has 1 aromatic rings. The summed E-state index contributed by atoms with van der Waals surface area (Å²) in [5.74, 6) is 0.296. The summed E-state index contributed by atoms with van der Waals surface area (Å²) in [4.78, 5) is 0. The molecule has 0 saturated heterocycles. The molecule has 0 saturated carbocycles. The predicted octanol–water partition coefficient (Wildman–Crippen LogP) is 3.89. The zero-order chi connectivity index (χ0) is 12.1. The molecular formula is C13H19BrFN. The molecule has 1 nitrogen and oxygen atoms in total. The first-order valence-corrected chi connectivity index (χ1v) is 6.57. The maximum Gasteiger partial charge on any atom is 0.137 e. The molecule has 1 atom stereocenters. The van der Waals surface area contributed by atoms with Crippen LogP contribution in [0.2, 0.25) is 0 Å². The lowest BCUT2D eigenvalue weighted by Crippen LogP contribution is -2.31. The van der Waals surface area contributed by atoms with E-state index in [9.17, 15) is 4.39 Å². The standard InChI is InChI=1S/C13H19BrFN/c1-3-9(4-2)12(16)8-10-6-5-7-11(15)13(10)14/h5-7,9,12H,3-4,8,16H2,1-2H3. The van der Waals surface area contributed by atoms with Crippen LogP contribution in [0, 0.1) is 11.7 Å². The van der Waals surface area contributed by atoms with Crippen molar-refractivity contribution in [1.29, 1.82) is 0 Å². The molecule has 1 aromatic carbocycles. The summed E-state index contributed by atoms with van der Waals surface area (Å²) < 4.78 is 13.9. The molecule has 0 bridgehead atoms. The summed E-state index contributed by atoms with van der Waals surface area (Å²) in [7, 11) is 0. The van der Waals surface area contributed by atoms with Gasteiger partial charge in [-0.25, -0.2) is 4.39 Å². The quantitative estimate of drug-likeness (QED) is 0.874. The van der Waals surface area contributed by atoms with Crippen LogP contribution in [0.1, 0.15) is 32.3 Å². The predicted molar refractivity (Wildman–Crippen MR) is 69.9 cm³/mol. The van der Waals surface area contributed by atoms with Crippen LogP contribution in [0.15, 0.2) is 22.7 Å². The summed E-state index contributed by atoms with van der Waals surface area (Å²) in [6.45, 7) is 4.29. The van der Waals surface area contributed by atoms with Crippen molar-refractivity contribution in [3.8, 4) is 0 Å². The smallest absolute Gasteiger partial charge is 0.137 e. The monoisotopic (exact) mass is 287 g/mol. The maximum atomic E-state index is 13.3. The Kier molecular flexibility index (Phi) is 5.42. The number of benzene rings is 1. The first-order chi connectivity index (χ1) is 7.60. The highest BCUT2D eigenvalue weighted by Crippen LogP contribution is 2.23. The van der Waals surface area contributed by atoms with Crippen molar-refractivity contribution < 1.29 is 4.39 Å². The fraction of sp³-hybridized carbons (Fsp3) is 0.538. The Morgan fingerprint density at radius 2 is 1.94 bits per heavy atom. The van der Waals surface area contributed by atoms with Crippen molar-refractivity contribution in [3.63, 3.8) is 0 Å². The highest BCUT2D eigenvalue weighted by Gasteiger charge is 2.16. The molecule has 16 heavy (non-hydrogen) atoms. The van der Waals surface area contributed by atoms with Crippen LogP contribution < -0.4 is 5.73 Å². The van der Waals surface area contributed by atoms with E-state index < -0.39 is 0 Å². The van der Waals surface area contributed by atoms with Crippen LogP contribution in [-0.4, -0.2) is 6.04 Å². The lowest BCUT2D eigenvalue weighted by Gasteiger charge is -2.21. The number of halogens is 2. The van der Waals surface area contributed by atoms with Gasteiger partial charge in [0.25, 0.3) is 0 Å². The van der Waals surface area contributed by atoms with E-state index in [1.165, 1.54) is 6.07 Å². The van der Waals surface area contributed by atoms with Gasteiger partial charge in [-0.15, -0.1) is 0 Å². The highest BCUT2D eigenvalue weighted by molar-refractivity contribution is 9.10. The van der Waals surface area contributed by atoms with Gasteiger partial charge in [-0.05, 0) is 39.9 Å². The Balaban J connectivity index is 2.76. The number of hydrogen-bond acceptors (Lipinski definition) is 1. The second kappa shape index (κ2) is 6.36. The van der Waals surface area contributed by atoms with Crippen molar-refractivity contribution in [2.75, 3.05) is 0 Å². The van der Waals surface area contributed by atoms with Gasteiger partial charge in [-0.3, -0.25) is 0 Å². The first kappa shape index (κ1) is 13.7. The van der Waals surface area contributed by atoms with E-state index >= 15 is 0 Å². The Bertz CT molecular complexity index is 337. The first-order valence-electron chi connectivity index (χ1n) is 5.78. The summed E-state index contributed by atoms with van der Waals surface area (Å²) in [5.41, 5.74) is 7.10. The normalized spacial score (nSPS) is 13.1. The third kappa shape index (κ3) is 3.29. The van der Waals surface area contributed by atoms with Gasteiger partial charge in [0.05, 0.1) is 4.47 Å². The van der Waals surface area contributed by atoms with E-state index in [0.717, 1.165) is 24.8 Å².